The number of aryl methyl sites for hydroxylation is 4. The van der Waals surface area contributed by atoms with E-state index in [1.54, 1.807) is 26.0 Å². The Bertz CT molecular complexity index is 756. The molecule has 0 spiro atoms. The maximum Gasteiger partial charge on any atom is 0.265 e. The van der Waals surface area contributed by atoms with Gasteiger partial charge in [-0.2, -0.15) is 0 Å². The Labute approximate surface area is 125 Å². The number of benzene rings is 1. The van der Waals surface area contributed by atoms with Crippen molar-refractivity contribution in [3.63, 3.8) is 0 Å². The predicted octanol–water partition coefficient (Wildman–Crippen LogP) is 2.77. The smallest absolute Gasteiger partial charge is 0.265 e. The molecule has 0 unspecified atom stereocenters. The molecule has 0 aliphatic rings. The molecule has 0 aliphatic carbocycles. The van der Waals surface area contributed by atoms with Crippen LogP contribution in [-0.4, -0.2) is 8.42 Å². The molecule has 1 aromatic carbocycles. The van der Waals surface area contributed by atoms with Gasteiger partial charge in [-0.15, -0.1) is 0 Å². The van der Waals surface area contributed by atoms with Gasteiger partial charge in [-0.25, -0.2) is 8.42 Å². The number of furan rings is 1. The van der Waals surface area contributed by atoms with Gasteiger partial charge in [-0.1, -0.05) is 6.07 Å². The highest BCUT2D eigenvalue weighted by Gasteiger charge is 2.26. The molecule has 0 radical (unpaired) electrons. The van der Waals surface area contributed by atoms with Crippen LogP contribution in [-0.2, 0) is 16.6 Å². The summed E-state index contributed by atoms with van der Waals surface area (Å²) >= 11 is 0. The van der Waals surface area contributed by atoms with Crippen molar-refractivity contribution in [2.24, 2.45) is 5.73 Å². The molecule has 114 valence electrons. The summed E-state index contributed by atoms with van der Waals surface area (Å²) in [6, 6.07) is 5.56. The summed E-state index contributed by atoms with van der Waals surface area (Å²) in [5.74, 6) is 0.889. The first-order chi connectivity index (χ1) is 9.74. The molecule has 0 saturated carbocycles. The fourth-order valence-corrected chi connectivity index (χ4v) is 4.04. The van der Waals surface area contributed by atoms with Gasteiger partial charge in [0.05, 0.1) is 0 Å². The van der Waals surface area contributed by atoms with E-state index in [2.05, 4.69) is 4.72 Å². The molecule has 5 nitrogen and oxygen atoms in total. The lowest BCUT2D eigenvalue weighted by Crippen LogP contribution is -2.16. The van der Waals surface area contributed by atoms with Crippen LogP contribution in [0.5, 0.6) is 0 Å². The minimum Gasteiger partial charge on any atom is -0.465 e. The van der Waals surface area contributed by atoms with Crippen LogP contribution in [0.3, 0.4) is 0 Å². The zero-order valence-electron chi connectivity index (χ0n) is 12.6. The SMILES string of the molecule is Cc1cc(C)cc(NS(=O)(=O)c2c(C)oc(C)c2CN)c1. The van der Waals surface area contributed by atoms with E-state index in [0.717, 1.165) is 11.1 Å². The first kappa shape index (κ1) is 15.6. The first-order valence-corrected chi connectivity index (χ1v) is 8.13. The van der Waals surface area contributed by atoms with Crippen molar-refractivity contribution in [2.45, 2.75) is 39.1 Å². The van der Waals surface area contributed by atoms with Gasteiger partial charge in [-0.3, -0.25) is 4.72 Å². The molecule has 2 rings (SSSR count). The van der Waals surface area contributed by atoms with E-state index in [0.29, 0.717) is 22.8 Å². The molecule has 0 amide bonds. The van der Waals surface area contributed by atoms with Crippen LogP contribution in [0.15, 0.2) is 27.5 Å². The van der Waals surface area contributed by atoms with Gasteiger partial charge in [0.25, 0.3) is 10.0 Å². The summed E-state index contributed by atoms with van der Waals surface area (Å²) in [4.78, 5) is 0.140. The largest absolute Gasteiger partial charge is 0.465 e. The first-order valence-electron chi connectivity index (χ1n) is 6.64. The van der Waals surface area contributed by atoms with Crippen molar-refractivity contribution in [1.29, 1.82) is 0 Å². The second kappa shape index (κ2) is 5.54. The maximum absolute atomic E-state index is 12.6. The molecule has 1 heterocycles. The molecule has 21 heavy (non-hydrogen) atoms. The third-order valence-corrected chi connectivity index (χ3v) is 4.85. The number of hydrogen-bond donors (Lipinski definition) is 2. The van der Waals surface area contributed by atoms with E-state index in [9.17, 15) is 8.42 Å². The number of nitrogens with one attached hydrogen (secondary N) is 1. The summed E-state index contributed by atoms with van der Waals surface area (Å²) in [6.45, 7) is 7.30. The highest BCUT2D eigenvalue weighted by atomic mass is 32.2. The summed E-state index contributed by atoms with van der Waals surface area (Å²) in [6.07, 6.45) is 0. The van der Waals surface area contributed by atoms with Gasteiger partial charge in [0, 0.05) is 17.8 Å². The van der Waals surface area contributed by atoms with E-state index >= 15 is 0 Å². The highest BCUT2D eigenvalue weighted by molar-refractivity contribution is 7.92. The van der Waals surface area contributed by atoms with Crippen LogP contribution in [0.2, 0.25) is 0 Å². The minimum atomic E-state index is -3.72. The Hall–Kier alpha value is -1.79. The third-order valence-electron chi connectivity index (χ3n) is 3.27. The third kappa shape index (κ3) is 3.11. The van der Waals surface area contributed by atoms with Gasteiger partial charge in [0.2, 0.25) is 0 Å². The number of sulfonamides is 1. The van der Waals surface area contributed by atoms with Gasteiger partial charge in [0.1, 0.15) is 16.4 Å². The monoisotopic (exact) mass is 308 g/mol. The molecule has 3 N–H and O–H groups in total. The molecule has 0 fully saturated rings. The van der Waals surface area contributed by atoms with E-state index in [1.165, 1.54) is 0 Å². The maximum atomic E-state index is 12.6. The lowest BCUT2D eigenvalue weighted by molar-refractivity contribution is 0.494. The fraction of sp³-hybridized carbons (Fsp3) is 0.333. The van der Waals surface area contributed by atoms with Gasteiger partial charge >= 0.3 is 0 Å². The summed E-state index contributed by atoms with van der Waals surface area (Å²) in [5.41, 5.74) is 8.69. The number of hydrogen-bond acceptors (Lipinski definition) is 4. The zero-order chi connectivity index (χ0) is 15.8. The zero-order valence-corrected chi connectivity index (χ0v) is 13.5. The van der Waals surface area contributed by atoms with Crippen molar-refractivity contribution in [1.82, 2.24) is 0 Å². The Morgan fingerprint density at radius 1 is 1.05 bits per heavy atom. The Balaban J connectivity index is 2.48. The van der Waals surface area contributed by atoms with Crippen molar-refractivity contribution >= 4 is 15.7 Å². The molecule has 0 atom stereocenters. The average molecular weight is 308 g/mol. The van der Waals surface area contributed by atoms with Crippen molar-refractivity contribution in [2.75, 3.05) is 4.72 Å². The van der Waals surface area contributed by atoms with E-state index in [1.807, 2.05) is 19.9 Å². The number of rotatable bonds is 4. The highest BCUT2D eigenvalue weighted by Crippen LogP contribution is 2.28. The van der Waals surface area contributed by atoms with Crippen molar-refractivity contribution in [3.8, 4) is 0 Å². The molecule has 0 saturated heterocycles. The standard InChI is InChI=1S/C15H20N2O3S/c1-9-5-10(2)7-13(6-9)17-21(18,19)15-12(4)20-11(3)14(15)8-16/h5-7,17H,8,16H2,1-4H3. The van der Waals surface area contributed by atoms with E-state index < -0.39 is 10.0 Å². The van der Waals surface area contributed by atoms with Crippen LogP contribution in [0.25, 0.3) is 0 Å². The molecular weight excluding hydrogens is 288 g/mol. The fourth-order valence-electron chi connectivity index (χ4n) is 2.54. The molecule has 2 aromatic rings. The molecular formula is C15H20N2O3S. The molecule has 0 bridgehead atoms. The van der Waals surface area contributed by atoms with Crippen molar-refractivity contribution < 1.29 is 12.8 Å². The average Bonchev–Trinajstić information content (AvgIpc) is 2.61. The predicted molar refractivity (Wildman–Crippen MR) is 82.8 cm³/mol. The van der Waals surface area contributed by atoms with Gasteiger partial charge in [-0.05, 0) is 51.0 Å². The van der Waals surface area contributed by atoms with Crippen LogP contribution in [0.1, 0.15) is 28.2 Å². The van der Waals surface area contributed by atoms with Crippen molar-refractivity contribution in [3.05, 3.63) is 46.4 Å². The Morgan fingerprint density at radius 2 is 1.62 bits per heavy atom. The lowest BCUT2D eigenvalue weighted by Gasteiger charge is -2.10. The molecule has 0 aliphatic heterocycles. The van der Waals surface area contributed by atoms with Gasteiger partial charge in [0.15, 0.2) is 0 Å². The van der Waals surface area contributed by atoms with Crippen LogP contribution in [0, 0.1) is 27.7 Å². The normalized spacial score (nSPS) is 11.7. The Kier molecular flexibility index (Phi) is 4.11. The number of anilines is 1. The topological polar surface area (TPSA) is 85.3 Å². The minimum absolute atomic E-state index is 0.117. The Morgan fingerprint density at radius 3 is 2.14 bits per heavy atom. The molecule has 6 heteroatoms. The van der Waals surface area contributed by atoms with Crippen LogP contribution < -0.4 is 10.5 Å². The quantitative estimate of drug-likeness (QED) is 0.909. The summed E-state index contributed by atoms with van der Waals surface area (Å²) in [5, 5.41) is 0. The summed E-state index contributed by atoms with van der Waals surface area (Å²) in [7, 11) is -3.72. The lowest BCUT2D eigenvalue weighted by atomic mass is 10.1. The van der Waals surface area contributed by atoms with E-state index in [4.69, 9.17) is 10.2 Å². The van der Waals surface area contributed by atoms with Crippen LogP contribution in [0.4, 0.5) is 5.69 Å². The molecule has 1 aromatic heterocycles. The van der Waals surface area contributed by atoms with Crippen LogP contribution >= 0.6 is 0 Å². The summed E-state index contributed by atoms with van der Waals surface area (Å²) < 4.78 is 33.2. The second-order valence-corrected chi connectivity index (χ2v) is 6.83. The van der Waals surface area contributed by atoms with E-state index in [-0.39, 0.29) is 11.4 Å². The number of nitrogens with two attached hydrogens (primary N) is 1. The van der Waals surface area contributed by atoms with Gasteiger partial charge < -0.3 is 10.2 Å². The second-order valence-electron chi connectivity index (χ2n) is 5.21.